The van der Waals surface area contributed by atoms with Gasteiger partial charge in [0, 0.05) is 17.4 Å². The molecule has 0 bridgehead atoms. The van der Waals surface area contributed by atoms with Crippen molar-refractivity contribution in [2.24, 2.45) is 0 Å². The number of thiocyanates is 1. The molecular formula is C15H20NO6PS. The number of carbonyl (C=O) groups excluding carboxylic acids is 1. The maximum absolute atomic E-state index is 13.1. The molecule has 1 heterocycles. The van der Waals surface area contributed by atoms with Crippen LogP contribution in [0.1, 0.15) is 32.1 Å². The smallest absolute Gasteiger partial charge is 0.365 e. The minimum absolute atomic E-state index is 0.0109. The molecule has 1 aromatic heterocycles. The molecule has 0 aliphatic heterocycles. The van der Waals surface area contributed by atoms with Crippen molar-refractivity contribution in [1.82, 2.24) is 0 Å². The number of hydrogen-bond acceptors (Lipinski definition) is 8. The van der Waals surface area contributed by atoms with Crippen LogP contribution in [0.25, 0.3) is 5.31 Å². The van der Waals surface area contributed by atoms with Crippen LogP contribution in [0.2, 0.25) is 0 Å². The third-order valence-corrected chi connectivity index (χ3v) is 5.41. The summed E-state index contributed by atoms with van der Waals surface area (Å²) in [4.78, 5) is 11.9. The summed E-state index contributed by atoms with van der Waals surface area (Å²) in [5.74, 6) is -0.181. The molecule has 0 fully saturated rings. The Bertz CT molecular complexity index is 653. The Morgan fingerprint density at radius 3 is 2.54 bits per heavy atom. The van der Waals surface area contributed by atoms with Crippen LogP contribution in [0.3, 0.4) is 0 Å². The van der Waals surface area contributed by atoms with Gasteiger partial charge < -0.3 is 18.2 Å². The predicted octanol–water partition coefficient (Wildman–Crippen LogP) is 4.16. The van der Waals surface area contributed by atoms with Crippen molar-refractivity contribution >= 4 is 30.6 Å². The highest BCUT2D eigenvalue weighted by Gasteiger charge is 2.35. The van der Waals surface area contributed by atoms with Gasteiger partial charge in [0.2, 0.25) is 0 Å². The fourth-order valence-electron chi connectivity index (χ4n) is 1.86. The Kier molecular flexibility index (Phi) is 8.87. The minimum atomic E-state index is -3.78. The first kappa shape index (κ1) is 20.5. The molecule has 0 amide bonds. The normalized spacial score (nSPS) is 12.0. The van der Waals surface area contributed by atoms with Gasteiger partial charge in [-0.1, -0.05) is 0 Å². The highest BCUT2D eigenvalue weighted by Crippen LogP contribution is 2.61. The number of furan rings is 1. The Labute approximate surface area is 145 Å². The van der Waals surface area contributed by atoms with Crippen LogP contribution in [0.15, 0.2) is 22.8 Å². The number of rotatable bonds is 10. The SMILES string of the molecule is CCOC(=O)C=C(c1occc1CSC#N)P(=O)(OCC)OCC. The zero-order valence-corrected chi connectivity index (χ0v) is 15.5. The fraction of sp³-hybridized carbons (Fsp3) is 0.467. The summed E-state index contributed by atoms with van der Waals surface area (Å²) in [5.41, 5.74) is 0.608. The second kappa shape index (κ2) is 10.4. The number of carbonyl (C=O) groups is 1. The fourth-order valence-corrected chi connectivity index (χ4v) is 4.05. The van der Waals surface area contributed by atoms with Crippen molar-refractivity contribution in [3.8, 4) is 5.40 Å². The molecule has 0 aromatic carbocycles. The molecule has 0 radical (unpaired) electrons. The summed E-state index contributed by atoms with van der Waals surface area (Å²) >= 11 is 0.995. The van der Waals surface area contributed by atoms with E-state index in [0.717, 1.165) is 17.8 Å². The van der Waals surface area contributed by atoms with Crippen molar-refractivity contribution in [2.75, 3.05) is 19.8 Å². The molecule has 0 N–H and O–H groups in total. The number of ether oxygens (including phenoxy) is 1. The van der Waals surface area contributed by atoms with Gasteiger partial charge in [0.1, 0.15) is 16.5 Å². The van der Waals surface area contributed by atoms with Crippen LogP contribution >= 0.6 is 19.4 Å². The summed E-state index contributed by atoms with van der Waals surface area (Å²) in [6.07, 6.45) is 2.46. The van der Waals surface area contributed by atoms with Crippen molar-refractivity contribution in [2.45, 2.75) is 26.5 Å². The largest absolute Gasteiger partial charge is 0.464 e. The Morgan fingerprint density at radius 2 is 2.00 bits per heavy atom. The van der Waals surface area contributed by atoms with E-state index in [4.69, 9.17) is 23.5 Å². The van der Waals surface area contributed by atoms with E-state index in [1.165, 1.54) is 6.26 Å². The molecular weight excluding hydrogens is 353 g/mol. The molecule has 0 aliphatic carbocycles. The van der Waals surface area contributed by atoms with Crippen molar-refractivity contribution in [1.29, 1.82) is 5.26 Å². The van der Waals surface area contributed by atoms with E-state index >= 15 is 0 Å². The lowest BCUT2D eigenvalue weighted by molar-refractivity contribution is -0.137. The molecule has 0 aliphatic rings. The quantitative estimate of drug-likeness (QED) is 0.261. The van der Waals surface area contributed by atoms with Gasteiger partial charge in [0.05, 0.1) is 26.1 Å². The highest BCUT2D eigenvalue weighted by atomic mass is 32.2. The number of thioether (sulfide) groups is 1. The number of hydrogen-bond donors (Lipinski definition) is 0. The molecule has 0 unspecified atom stereocenters. The molecule has 24 heavy (non-hydrogen) atoms. The van der Waals surface area contributed by atoms with Gasteiger partial charge in [-0.15, -0.1) is 0 Å². The Balaban J connectivity index is 3.39. The van der Waals surface area contributed by atoms with Gasteiger partial charge in [0.15, 0.2) is 0 Å². The number of esters is 1. The standard InChI is InChI=1S/C15H20NO6PS/c1-4-19-14(17)9-13(23(18,21-5-2)22-6-3)15-12(7-8-20-15)10-24-11-16/h7-9H,4-6,10H2,1-3H3. The van der Waals surface area contributed by atoms with Crippen LogP contribution in [0.5, 0.6) is 0 Å². The lowest BCUT2D eigenvalue weighted by atomic mass is 10.2. The number of nitrogens with zero attached hydrogens (tertiary/aromatic N) is 1. The first-order valence-electron chi connectivity index (χ1n) is 7.38. The van der Waals surface area contributed by atoms with Gasteiger partial charge in [-0.25, -0.2) is 4.79 Å². The van der Waals surface area contributed by atoms with Crippen molar-refractivity contribution in [3.63, 3.8) is 0 Å². The van der Waals surface area contributed by atoms with Crippen LogP contribution < -0.4 is 0 Å². The monoisotopic (exact) mass is 373 g/mol. The average Bonchev–Trinajstić information content (AvgIpc) is 2.99. The van der Waals surface area contributed by atoms with Gasteiger partial charge in [-0.05, 0) is 38.6 Å². The summed E-state index contributed by atoms with van der Waals surface area (Å²) in [6, 6.07) is 1.64. The first-order chi connectivity index (χ1) is 11.5. The summed E-state index contributed by atoms with van der Waals surface area (Å²) < 4.78 is 34.1. The highest BCUT2D eigenvalue weighted by molar-refractivity contribution is 8.02. The molecule has 132 valence electrons. The summed E-state index contributed by atoms with van der Waals surface area (Å²) in [6.45, 7) is 5.43. The Hall–Kier alpha value is -1.52. The van der Waals surface area contributed by atoms with E-state index in [1.807, 2.05) is 5.40 Å². The second-order valence-electron chi connectivity index (χ2n) is 4.27. The van der Waals surface area contributed by atoms with Crippen LogP contribution in [-0.2, 0) is 28.9 Å². The van der Waals surface area contributed by atoms with E-state index in [9.17, 15) is 9.36 Å². The predicted molar refractivity (Wildman–Crippen MR) is 91.1 cm³/mol. The third kappa shape index (κ3) is 5.53. The number of nitriles is 1. The maximum Gasteiger partial charge on any atom is 0.365 e. The molecule has 7 nitrogen and oxygen atoms in total. The molecule has 9 heteroatoms. The van der Waals surface area contributed by atoms with Crippen LogP contribution in [0, 0.1) is 10.7 Å². The minimum Gasteiger partial charge on any atom is -0.464 e. The zero-order valence-electron chi connectivity index (χ0n) is 13.8. The van der Waals surface area contributed by atoms with Crippen molar-refractivity contribution < 1.29 is 27.6 Å². The van der Waals surface area contributed by atoms with E-state index in [1.54, 1.807) is 26.8 Å². The third-order valence-electron chi connectivity index (χ3n) is 2.71. The van der Waals surface area contributed by atoms with Gasteiger partial charge >= 0.3 is 13.6 Å². The zero-order chi connectivity index (χ0) is 18.0. The molecule has 1 rings (SSSR count). The van der Waals surface area contributed by atoms with Gasteiger partial charge in [-0.3, -0.25) is 4.57 Å². The molecule has 0 atom stereocenters. The van der Waals surface area contributed by atoms with Gasteiger partial charge in [0.25, 0.3) is 0 Å². The van der Waals surface area contributed by atoms with Crippen LogP contribution in [-0.4, -0.2) is 25.8 Å². The van der Waals surface area contributed by atoms with Crippen molar-refractivity contribution in [3.05, 3.63) is 29.7 Å². The summed E-state index contributed by atoms with van der Waals surface area (Å²) in [7, 11) is -3.78. The molecule has 0 saturated carbocycles. The maximum atomic E-state index is 13.1. The lowest BCUT2D eigenvalue weighted by Gasteiger charge is -2.19. The first-order valence-corrected chi connectivity index (χ1v) is 9.90. The van der Waals surface area contributed by atoms with Crippen LogP contribution in [0.4, 0.5) is 0 Å². The van der Waals surface area contributed by atoms with E-state index in [2.05, 4.69) is 0 Å². The lowest BCUT2D eigenvalue weighted by Crippen LogP contribution is -2.05. The average molecular weight is 373 g/mol. The molecule has 0 saturated heterocycles. The second-order valence-corrected chi connectivity index (χ2v) is 7.02. The summed E-state index contributed by atoms with van der Waals surface area (Å²) in [5, 5.41) is 10.7. The Morgan fingerprint density at radius 1 is 1.33 bits per heavy atom. The van der Waals surface area contributed by atoms with E-state index in [0.29, 0.717) is 11.3 Å². The van der Waals surface area contributed by atoms with Gasteiger partial charge in [-0.2, -0.15) is 5.26 Å². The molecule has 0 spiro atoms. The van der Waals surface area contributed by atoms with E-state index in [-0.39, 0.29) is 30.9 Å². The topological polar surface area (TPSA) is 98.8 Å². The molecule has 1 aromatic rings. The van der Waals surface area contributed by atoms with E-state index < -0.39 is 13.6 Å².